The number of nitrogens with zero attached hydrogens (tertiary/aromatic N) is 3. The van der Waals surface area contributed by atoms with Crippen LogP contribution in [0.25, 0.3) is 11.3 Å². The van der Waals surface area contributed by atoms with E-state index < -0.39 is 0 Å². The van der Waals surface area contributed by atoms with Gasteiger partial charge in [-0.2, -0.15) is 0 Å². The first-order valence-electron chi connectivity index (χ1n) is 9.95. The Balaban J connectivity index is 1.29. The monoisotopic (exact) mass is 401 g/mol. The second-order valence-electron chi connectivity index (χ2n) is 7.16. The van der Waals surface area contributed by atoms with Gasteiger partial charge in [0.2, 0.25) is 11.9 Å². The maximum absolute atomic E-state index is 12.2. The number of carbonyl (C=O) groups is 2. The normalized spacial score (nSPS) is 15.6. The van der Waals surface area contributed by atoms with Crippen LogP contribution >= 0.6 is 0 Å². The molecule has 7 heteroatoms. The van der Waals surface area contributed by atoms with Crippen molar-refractivity contribution in [2.75, 3.05) is 24.5 Å². The first-order chi connectivity index (χ1) is 14.7. The molecule has 1 aromatic heterocycles. The second kappa shape index (κ2) is 9.17. The molecule has 152 valence electrons. The maximum atomic E-state index is 12.2. The van der Waals surface area contributed by atoms with Crippen LogP contribution in [0.5, 0.6) is 0 Å². The molecule has 1 fully saturated rings. The van der Waals surface area contributed by atoms with Gasteiger partial charge >= 0.3 is 0 Å². The van der Waals surface area contributed by atoms with Crippen LogP contribution in [0.3, 0.4) is 0 Å². The Morgan fingerprint density at radius 3 is 2.50 bits per heavy atom. The smallest absolute Gasteiger partial charge is 0.251 e. The van der Waals surface area contributed by atoms with Crippen LogP contribution in [-0.4, -0.2) is 47.5 Å². The number of amides is 2. The van der Waals surface area contributed by atoms with Gasteiger partial charge in [-0.25, -0.2) is 9.97 Å². The highest BCUT2D eigenvalue weighted by atomic mass is 16.2. The van der Waals surface area contributed by atoms with Gasteiger partial charge in [0.1, 0.15) is 0 Å². The van der Waals surface area contributed by atoms with E-state index >= 15 is 0 Å². The van der Waals surface area contributed by atoms with E-state index in [9.17, 15) is 9.59 Å². The van der Waals surface area contributed by atoms with E-state index in [1.807, 2.05) is 42.5 Å². The Morgan fingerprint density at radius 1 is 1.00 bits per heavy atom. The van der Waals surface area contributed by atoms with Crippen LogP contribution in [0.1, 0.15) is 16.8 Å². The maximum Gasteiger partial charge on any atom is 0.251 e. The van der Waals surface area contributed by atoms with Crippen LogP contribution < -0.4 is 15.5 Å². The predicted molar refractivity (Wildman–Crippen MR) is 115 cm³/mol. The third-order valence-corrected chi connectivity index (χ3v) is 4.99. The summed E-state index contributed by atoms with van der Waals surface area (Å²) in [7, 11) is 0. The quantitative estimate of drug-likeness (QED) is 0.662. The fourth-order valence-electron chi connectivity index (χ4n) is 3.46. The largest absolute Gasteiger partial charge is 0.350 e. The van der Waals surface area contributed by atoms with Gasteiger partial charge in [-0.3, -0.25) is 9.59 Å². The number of nitrogens with one attached hydrogen (secondary N) is 2. The van der Waals surface area contributed by atoms with Gasteiger partial charge in [-0.1, -0.05) is 48.5 Å². The molecular formula is C23H23N5O2. The molecule has 2 N–H and O–H groups in total. The molecule has 0 aliphatic carbocycles. The van der Waals surface area contributed by atoms with Crippen molar-refractivity contribution in [1.29, 1.82) is 0 Å². The standard InChI is InChI=1S/C23H23N5O2/c29-21(15-25-22(30)18-9-5-2-6-10-18)26-19-12-14-28(16-19)23-24-13-11-20(27-23)17-7-3-1-4-8-17/h1-11,13,19H,12,14-16H2,(H,25,30)(H,26,29). The Morgan fingerprint density at radius 2 is 1.73 bits per heavy atom. The minimum Gasteiger partial charge on any atom is -0.350 e. The van der Waals surface area contributed by atoms with Crippen molar-refractivity contribution in [2.24, 2.45) is 0 Å². The number of hydrogen-bond acceptors (Lipinski definition) is 5. The minimum absolute atomic E-state index is 0.00453. The summed E-state index contributed by atoms with van der Waals surface area (Å²) in [5.74, 6) is 0.195. The van der Waals surface area contributed by atoms with Gasteiger partial charge in [0.05, 0.1) is 12.2 Å². The Kier molecular flexibility index (Phi) is 5.98. The van der Waals surface area contributed by atoms with E-state index in [2.05, 4.69) is 25.5 Å². The van der Waals surface area contributed by atoms with Crippen molar-refractivity contribution in [3.63, 3.8) is 0 Å². The Bertz CT molecular complexity index is 1010. The molecule has 1 aliphatic heterocycles. The van der Waals surface area contributed by atoms with E-state index in [0.29, 0.717) is 18.1 Å². The van der Waals surface area contributed by atoms with Gasteiger partial charge < -0.3 is 15.5 Å². The van der Waals surface area contributed by atoms with E-state index in [1.54, 1.807) is 30.5 Å². The van der Waals surface area contributed by atoms with Crippen LogP contribution in [-0.2, 0) is 4.79 Å². The number of aromatic nitrogens is 2. The van der Waals surface area contributed by atoms with E-state index in [4.69, 9.17) is 0 Å². The second-order valence-corrected chi connectivity index (χ2v) is 7.16. The summed E-state index contributed by atoms with van der Waals surface area (Å²) in [4.78, 5) is 35.4. The summed E-state index contributed by atoms with van der Waals surface area (Å²) in [6, 6.07) is 20.7. The van der Waals surface area contributed by atoms with Crippen molar-refractivity contribution in [3.8, 4) is 11.3 Å². The molecule has 0 bridgehead atoms. The van der Waals surface area contributed by atoms with Gasteiger partial charge in [0.25, 0.3) is 5.91 Å². The van der Waals surface area contributed by atoms with Gasteiger partial charge in [0, 0.05) is 36.5 Å². The number of benzene rings is 2. The fourth-order valence-corrected chi connectivity index (χ4v) is 3.46. The molecular weight excluding hydrogens is 378 g/mol. The average Bonchev–Trinajstić information content (AvgIpc) is 3.27. The molecule has 1 aliphatic rings. The molecule has 0 radical (unpaired) electrons. The molecule has 0 saturated carbocycles. The summed E-state index contributed by atoms with van der Waals surface area (Å²) >= 11 is 0. The van der Waals surface area contributed by atoms with Gasteiger partial charge in [-0.15, -0.1) is 0 Å². The van der Waals surface area contributed by atoms with Crippen molar-refractivity contribution in [2.45, 2.75) is 12.5 Å². The van der Waals surface area contributed by atoms with E-state index in [0.717, 1.165) is 24.2 Å². The molecule has 30 heavy (non-hydrogen) atoms. The zero-order chi connectivity index (χ0) is 20.8. The zero-order valence-electron chi connectivity index (χ0n) is 16.5. The lowest BCUT2D eigenvalue weighted by Crippen LogP contribution is -2.43. The Hall–Kier alpha value is -3.74. The fraction of sp³-hybridized carbons (Fsp3) is 0.217. The molecule has 1 unspecified atom stereocenters. The van der Waals surface area contributed by atoms with Gasteiger partial charge in [0.15, 0.2) is 0 Å². The van der Waals surface area contributed by atoms with Gasteiger partial charge in [-0.05, 0) is 24.6 Å². The third-order valence-electron chi connectivity index (χ3n) is 4.99. The van der Waals surface area contributed by atoms with Crippen LogP contribution in [0.2, 0.25) is 0 Å². The molecule has 3 aromatic rings. The molecule has 0 spiro atoms. The number of anilines is 1. The van der Waals surface area contributed by atoms with Crippen molar-refractivity contribution < 1.29 is 9.59 Å². The number of carbonyl (C=O) groups excluding carboxylic acids is 2. The topological polar surface area (TPSA) is 87.2 Å². The summed E-state index contributed by atoms with van der Waals surface area (Å²) < 4.78 is 0. The van der Waals surface area contributed by atoms with Crippen molar-refractivity contribution in [3.05, 3.63) is 78.5 Å². The first-order valence-corrected chi connectivity index (χ1v) is 9.95. The summed E-state index contributed by atoms with van der Waals surface area (Å²) in [6.07, 6.45) is 2.56. The van der Waals surface area contributed by atoms with E-state index in [1.165, 1.54) is 0 Å². The molecule has 1 atom stereocenters. The SMILES string of the molecule is O=C(CNC(=O)c1ccccc1)NC1CCN(c2nccc(-c3ccccc3)n2)C1. The molecule has 7 nitrogen and oxygen atoms in total. The van der Waals surface area contributed by atoms with Crippen molar-refractivity contribution in [1.82, 2.24) is 20.6 Å². The first kappa shape index (κ1) is 19.6. The third kappa shape index (κ3) is 4.81. The molecule has 2 aromatic carbocycles. The van der Waals surface area contributed by atoms with Crippen molar-refractivity contribution >= 4 is 17.8 Å². The van der Waals surface area contributed by atoms with Crippen LogP contribution in [0.4, 0.5) is 5.95 Å². The van der Waals surface area contributed by atoms with Crippen LogP contribution in [0, 0.1) is 0 Å². The predicted octanol–water partition coefficient (Wildman–Crippen LogP) is 2.27. The van der Waals surface area contributed by atoms with E-state index in [-0.39, 0.29) is 24.4 Å². The molecule has 2 amide bonds. The number of rotatable bonds is 6. The highest BCUT2D eigenvalue weighted by Crippen LogP contribution is 2.21. The highest BCUT2D eigenvalue weighted by molar-refractivity contribution is 5.96. The average molecular weight is 401 g/mol. The molecule has 1 saturated heterocycles. The van der Waals surface area contributed by atoms with Crippen LogP contribution in [0.15, 0.2) is 72.9 Å². The highest BCUT2D eigenvalue weighted by Gasteiger charge is 2.26. The number of hydrogen-bond donors (Lipinski definition) is 2. The lowest BCUT2D eigenvalue weighted by Gasteiger charge is -2.17. The lowest BCUT2D eigenvalue weighted by atomic mass is 10.1. The zero-order valence-corrected chi connectivity index (χ0v) is 16.5. The minimum atomic E-state index is -0.259. The Labute approximate surface area is 175 Å². The molecule has 4 rings (SSSR count). The molecule has 2 heterocycles. The summed E-state index contributed by atoms with van der Waals surface area (Å²) in [6.45, 7) is 1.35. The summed E-state index contributed by atoms with van der Waals surface area (Å²) in [5.41, 5.74) is 2.45. The summed E-state index contributed by atoms with van der Waals surface area (Å²) in [5, 5.41) is 5.63. The lowest BCUT2D eigenvalue weighted by molar-refractivity contribution is -0.120.